The van der Waals surface area contributed by atoms with E-state index in [0.29, 0.717) is 0 Å². The third-order valence-corrected chi connectivity index (χ3v) is 0. The van der Waals surface area contributed by atoms with Gasteiger partial charge in [-0.1, -0.05) is 0 Å². The molecule has 0 amide bonds. The summed E-state index contributed by atoms with van der Waals surface area (Å²) in [5, 5.41) is 8.52. The molecule has 62 valence electrons. The normalized spacial score (nSPS) is 6.67. The van der Waals surface area contributed by atoms with Gasteiger partial charge in [0.2, 0.25) is 0 Å². The van der Waals surface area contributed by atoms with Gasteiger partial charge in [0.05, 0.1) is 5.60 Å². The maximum Gasteiger partial charge on any atom is 0.0563 e. The molecule has 0 unspecified atom stereocenters. The predicted octanol–water partition coefficient (Wildman–Crippen LogP) is 2.13. The van der Waals surface area contributed by atoms with Crippen molar-refractivity contribution < 1.29 is 26.2 Å². The quantitative estimate of drug-likeness (QED) is 0.680. The first kappa shape index (κ1) is 33.4. The molecule has 9 heavy (non-hydrogen) atoms. The van der Waals surface area contributed by atoms with Crippen molar-refractivity contribution in [1.29, 1.82) is 0 Å². The number of aliphatic hydroxyl groups is 1. The predicted molar refractivity (Wildman–Crippen MR) is 41.2 cm³/mol. The van der Waals surface area contributed by atoms with Crippen LogP contribution in [0.1, 0.15) is 20.8 Å². The molecule has 0 fully saturated rings. The second-order valence-electron chi connectivity index (χ2n) is 2.17. The molecule has 0 rings (SSSR count). The Morgan fingerprint density at radius 2 is 0.889 bits per heavy atom. The van der Waals surface area contributed by atoms with E-state index in [9.17, 15) is 0 Å². The maximum atomic E-state index is 8.52. The van der Waals surface area contributed by atoms with Crippen LogP contribution in [0.5, 0.6) is 0 Å². The summed E-state index contributed by atoms with van der Waals surface area (Å²) in [7, 11) is 0. The molecule has 0 aliphatic rings. The molecule has 0 aromatic carbocycles. The summed E-state index contributed by atoms with van der Waals surface area (Å²) in [6, 6.07) is 0. The second kappa shape index (κ2) is 11.4. The molecule has 0 spiro atoms. The summed E-state index contributed by atoms with van der Waals surface area (Å²) in [5.41, 5.74) is -0.500. The Labute approximate surface area is 75.1 Å². The number of hydrogen-bond acceptors (Lipinski definition) is 1. The van der Waals surface area contributed by atoms with E-state index in [1.54, 1.807) is 20.8 Å². The Kier molecular flexibility index (Phi) is 42.5. The first-order chi connectivity index (χ1) is 2.00. The maximum absolute atomic E-state index is 8.52. The van der Waals surface area contributed by atoms with Crippen LogP contribution in [0, 0.1) is 22.3 Å². The first-order valence-corrected chi connectivity index (χ1v) is 1.72. The van der Waals surface area contributed by atoms with Crippen LogP contribution < -0.4 is 0 Å². The van der Waals surface area contributed by atoms with Crippen molar-refractivity contribution in [2.24, 2.45) is 0 Å². The summed E-state index contributed by atoms with van der Waals surface area (Å²) >= 11 is 0. The summed E-state index contributed by atoms with van der Waals surface area (Å²) in [4.78, 5) is 0. The van der Waals surface area contributed by atoms with Gasteiger partial charge in [-0.2, -0.15) is 0 Å². The standard InChI is InChI=1S/C4H10O.3CH3.W/c1-4(2,3)5;;;;/h5H,1-3H3;3*1H3;/q;3*-1;. The van der Waals surface area contributed by atoms with E-state index >= 15 is 0 Å². The van der Waals surface area contributed by atoms with Crippen molar-refractivity contribution >= 4 is 0 Å². The van der Waals surface area contributed by atoms with E-state index in [0.717, 1.165) is 0 Å². The van der Waals surface area contributed by atoms with E-state index in [1.165, 1.54) is 0 Å². The Morgan fingerprint density at radius 1 is 0.889 bits per heavy atom. The fraction of sp³-hybridized carbons (Fsp3) is 0.571. The van der Waals surface area contributed by atoms with Crippen LogP contribution >= 0.6 is 0 Å². The Morgan fingerprint density at radius 3 is 0.889 bits per heavy atom. The van der Waals surface area contributed by atoms with Gasteiger partial charge in [-0.15, -0.1) is 0 Å². The Balaban J connectivity index is -0.0000000133. The zero-order valence-electron chi connectivity index (χ0n) is 7.36. The van der Waals surface area contributed by atoms with Crippen molar-refractivity contribution in [3.05, 3.63) is 22.3 Å². The molecular formula is C7H19OW-3. The smallest absolute Gasteiger partial charge is 0.0563 e. The van der Waals surface area contributed by atoms with Gasteiger partial charge in [0, 0.05) is 21.1 Å². The van der Waals surface area contributed by atoms with Crippen molar-refractivity contribution in [3.8, 4) is 0 Å². The number of rotatable bonds is 0. The van der Waals surface area contributed by atoms with Gasteiger partial charge in [0.15, 0.2) is 0 Å². The average molecular weight is 303 g/mol. The molecule has 0 saturated heterocycles. The molecule has 1 nitrogen and oxygen atoms in total. The molecule has 1 N–H and O–H groups in total. The fourth-order valence-electron chi connectivity index (χ4n) is 0. The van der Waals surface area contributed by atoms with Crippen LogP contribution in [-0.2, 0) is 21.1 Å². The molecule has 0 aromatic rings. The molecule has 0 bridgehead atoms. The summed E-state index contributed by atoms with van der Waals surface area (Å²) in [6.07, 6.45) is 0. The molecule has 0 aliphatic heterocycles. The molecule has 0 aromatic heterocycles. The van der Waals surface area contributed by atoms with E-state index < -0.39 is 5.60 Å². The third kappa shape index (κ3) is 909. The molecule has 0 heterocycles. The van der Waals surface area contributed by atoms with Crippen LogP contribution in [0.2, 0.25) is 0 Å². The van der Waals surface area contributed by atoms with Crippen LogP contribution in [-0.4, -0.2) is 10.7 Å². The second-order valence-corrected chi connectivity index (χ2v) is 2.17. The molecular weight excluding hydrogens is 284 g/mol. The van der Waals surface area contributed by atoms with Crippen molar-refractivity contribution in [2.75, 3.05) is 0 Å². The summed E-state index contributed by atoms with van der Waals surface area (Å²) in [5.74, 6) is 0. The van der Waals surface area contributed by atoms with Crippen LogP contribution in [0.25, 0.3) is 0 Å². The van der Waals surface area contributed by atoms with E-state index in [1.807, 2.05) is 0 Å². The zero-order valence-corrected chi connectivity index (χ0v) is 10.3. The molecule has 0 radical (unpaired) electrons. The van der Waals surface area contributed by atoms with Crippen LogP contribution in [0.15, 0.2) is 0 Å². The van der Waals surface area contributed by atoms with Gasteiger partial charge >= 0.3 is 0 Å². The van der Waals surface area contributed by atoms with Crippen LogP contribution in [0.4, 0.5) is 0 Å². The van der Waals surface area contributed by atoms with Gasteiger partial charge in [-0.25, -0.2) is 0 Å². The van der Waals surface area contributed by atoms with Crippen LogP contribution in [0.3, 0.4) is 0 Å². The van der Waals surface area contributed by atoms with E-state index in [2.05, 4.69) is 0 Å². The van der Waals surface area contributed by atoms with Crippen molar-refractivity contribution in [3.63, 3.8) is 0 Å². The summed E-state index contributed by atoms with van der Waals surface area (Å²) < 4.78 is 0. The van der Waals surface area contributed by atoms with Gasteiger partial charge in [-0.3, -0.25) is 0 Å². The summed E-state index contributed by atoms with van der Waals surface area (Å²) in [6.45, 7) is 5.23. The van der Waals surface area contributed by atoms with Gasteiger partial charge in [0.25, 0.3) is 0 Å². The third-order valence-electron chi connectivity index (χ3n) is 0. The topological polar surface area (TPSA) is 20.2 Å². The van der Waals surface area contributed by atoms with E-state index in [-0.39, 0.29) is 43.3 Å². The van der Waals surface area contributed by atoms with E-state index in [4.69, 9.17) is 5.11 Å². The SMILES string of the molecule is CC(C)(C)O.[CH3-].[CH3-].[CH3-].[W]. The molecule has 0 atom stereocenters. The van der Waals surface area contributed by atoms with Gasteiger partial charge < -0.3 is 27.4 Å². The Hall–Kier alpha value is 0.648. The number of hydrogen-bond donors (Lipinski definition) is 1. The van der Waals surface area contributed by atoms with Gasteiger partial charge in [-0.05, 0) is 20.8 Å². The molecule has 0 saturated carbocycles. The van der Waals surface area contributed by atoms with Crippen molar-refractivity contribution in [1.82, 2.24) is 0 Å². The molecule has 0 aliphatic carbocycles. The van der Waals surface area contributed by atoms with Crippen molar-refractivity contribution in [2.45, 2.75) is 26.4 Å². The minimum Gasteiger partial charge on any atom is -0.391 e. The minimum absolute atomic E-state index is 0. The Bertz CT molecular complexity index is 24.4. The van der Waals surface area contributed by atoms with Gasteiger partial charge in [0.1, 0.15) is 0 Å². The fourth-order valence-corrected chi connectivity index (χ4v) is 0. The monoisotopic (exact) mass is 303 g/mol. The first-order valence-electron chi connectivity index (χ1n) is 1.72. The average Bonchev–Trinajstić information content (AvgIpc) is 0.722. The largest absolute Gasteiger partial charge is 0.391 e. The zero-order chi connectivity index (χ0) is 4.50. The molecule has 2 heteroatoms. The minimum atomic E-state index is -0.500.